The molecule has 1 aromatic carbocycles. The normalized spacial score (nSPS) is 29.4. The minimum Gasteiger partial charge on any atom is -0.338 e. The standard InChI is InChI=1S/C15H18BrClN2O/c16-11-4-10(5-12(17)6-11)15(20)19-7-9-2-1-3-14(18)13(9)8-19/h4-6,9,13-14H,1-3,7-8,18H2. The van der Waals surface area contributed by atoms with E-state index >= 15 is 0 Å². The zero-order valence-corrected chi connectivity index (χ0v) is 13.5. The van der Waals surface area contributed by atoms with Crippen LogP contribution >= 0.6 is 27.5 Å². The molecule has 3 unspecified atom stereocenters. The van der Waals surface area contributed by atoms with Crippen LogP contribution < -0.4 is 5.73 Å². The summed E-state index contributed by atoms with van der Waals surface area (Å²) in [6.07, 6.45) is 3.47. The topological polar surface area (TPSA) is 46.3 Å². The van der Waals surface area contributed by atoms with Crippen LogP contribution in [0.3, 0.4) is 0 Å². The van der Waals surface area contributed by atoms with Gasteiger partial charge in [0.1, 0.15) is 0 Å². The Hall–Kier alpha value is -0.580. The van der Waals surface area contributed by atoms with Crippen molar-refractivity contribution in [3.05, 3.63) is 33.3 Å². The number of hydrogen-bond donors (Lipinski definition) is 1. The number of fused-ring (bicyclic) bond motifs is 1. The monoisotopic (exact) mass is 356 g/mol. The Labute approximate surface area is 132 Å². The summed E-state index contributed by atoms with van der Waals surface area (Å²) in [5.74, 6) is 1.11. The SMILES string of the molecule is NC1CCCC2CN(C(=O)c3cc(Cl)cc(Br)c3)CC12. The van der Waals surface area contributed by atoms with Gasteiger partial charge in [-0.05, 0) is 42.9 Å². The van der Waals surface area contributed by atoms with Gasteiger partial charge in [0, 0.05) is 34.2 Å². The molecule has 3 nitrogen and oxygen atoms in total. The number of nitrogens with zero attached hydrogens (tertiary/aromatic N) is 1. The second-order valence-corrected chi connectivity index (χ2v) is 7.24. The molecule has 0 bridgehead atoms. The summed E-state index contributed by atoms with van der Waals surface area (Å²) in [4.78, 5) is 14.6. The number of carbonyl (C=O) groups is 1. The second kappa shape index (κ2) is 5.66. The highest BCUT2D eigenvalue weighted by Gasteiger charge is 2.40. The van der Waals surface area contributed by atoms with Crippen molar-refractivity contribution in [2.45, 2.75) is 25.3 Å². The van der Waals surface area contributed by atoms with E-state index in [1.54, 1.807) is 12.1 Å². The van der Waals surface area contributed by atoms with Crippen LogP contribution in [0.5, 0.6) is 0 Å². The summed E-state index contributed by atoms with van der Waals surface area (Å²) >= 11 is 9.41. The van der Waals surface area contributed by atoms with Crippen molar-refractivity contribution < 1.29 is 4.79 Å². The Balaban J connectivity index is 1.78. The van der Waals surface area contributed by atoms with Gasteiger partial charge in [0.25, 0.3) is 5.91 Å². The zero-order chi connectivity index (χ0) is 14.3. The van der Waals surface area contributed by atoms with E-state index in [4.69, 9.17) is 17.3 Å². The molecule has 1 aliphatic heterocycles. The molecular weight excluding hydrogens is 340 g/mol. The fraction of sp³-hybridized carbons (Fsp3) is 0.533. The number of halogens is 2. The first kappa shape index (κ1) is 14.4. The van der Waals surface area contributed by atoms with E-state index in [0.29, 0.717) is 22.4 Å². The van der Waals surface area contributed by atoms with Crippen LogP contribution in [0.1, 0.15) is 29.6 Å². The number of amides is 1. The summed E-state index contributed by atoms with van der Waals surface area (Å²) in [5.41, 5.74) is 6.85. The molecule has 2 aliphatic rings. The van der Waals surface area contributed by atoms with Crippen molar-refractivity contribution in [3.63, 3.8) is 0 Å². The van der Waals surface area contributed by atoms with E-state index < -0.39 is 0 Å². The molecule has 1 aliphatic carbocycles. The van der Waals surface area contributed by atoms with Crippen LogP contribution in [-0.2, 0) is 0 Å². The maximum absolute atomic E-state index is 12.6. The van der Waals surface area contributed by atoms with Crippen molar-refractivity contribution in [2.75, 3.05) is 13.1 Å². The summed E-state index contributed by atoms with van der Waals surface area (Å²) < 4.78 is 0.835. The first-order chi connectivity index (χ1) is 9.54. The average molecular weight is 358 g/mol. The molecule has 0 aromatic heterocycles. The Morgan fingerprint density at radius 1 is 1.30 bits per heavy atom. The van der Waals surface area contributed by atoms with Crippen LogP contribution in [0.15, 0.2) is 22.7 Å². The molecule has 3 rings (SSSR count). The molecule has 1 aromatic rings. The molecule has 108 valence electrons. The predicted octanol–water partition coefficient (Wildman–Crippen LogP) is 3.30. The van der Waals surface area contributed by atoms with E-state index in [0.717, 1.165) is 24.0 Å². The molecule has 2 N–H and O–H groups in total. The van der Waals surface area contributed by atoms with Gasteiger partial charge in [-0.1, -0.05) is 34.0 Å². The summed E-state index contributed by atoms with van der Waals surface area (Å²) in [7, 11) is 0. The Kier molecular flexibility index (Phi) is 4.07. The molecule has 0 radical (unpaired) electrons. The first-order valence-electron chi connectivity index (χ1n) is 7.05. The fourth-order valence-corrected chi connectivity index (χ4v) is 4.40. The molecule has 5 heteroatoms. The van der Waals surface area contributed by atoms with Crippen molar-refractivity contribution in [1.29, 1.82) is 0 Å². The lowest BCUT2D eigenvalue weighted by Crippen LogP contribution is -2.38. The van der Waals surface area contributed by atoms with Crippen molar-refractivity contribution in [3.8, 4) is 0 Å². The van der Waals surface area contributed by atoms with Gasteiger partial charge >= 0.3 is 0 Å². The lowest BCUT2D eigenvalue weighted by Gasteiger charge is -2.29. The summed E-state index contributed by atoms with van der Waals surface area (Å²) in [6.45, 7) is 1.62. The Bertz CT molecular complexity index is 516. The molecule has 1 saturated heterocycles. The van der Waals surface area contributed by atoms with E-state index in [-0.39, 0.29) is 11.9 Å². The third kappa shape index (κ3) is 2.74. The minimum absolute atomic E-state index is 0.0646. The Morgan fingerprint density at radius 2 is 2.10 bits per heavy atom. The van der Waals surface area contributed by atoms with Gasteiger partial charge in [0.15, 0.2) is 0 Å². The molecular formula is C15H18BrClN2O. The zero-order valence-electron chi connectivity index (χ0n) is 11.2. The highest BCUT2D eigenvalue weighted by molar-refractivity contribution is 9.10. The molecule has 20 heavy (non-hydrogen) atoms. The van der Waals surface area contributed by atoms with Gasteiger partial charge in [-0.3, -0.25) is 4.79 Å². The number of nitrogens with two attached hydrogens (primary N) is 1. The third-order valence-corrected chi connectivity index (χ3v) is 5.23. The lowest BCUT2D eigenvalue weighted by atomic mass is 9.78. The van der Waals surface area contributed by atoms with Gasteiger partial charge in [0.2, 0.25) is 0 Å². The van der Waals surface area contributed by atoms with E-state index in [9.17, 15) is 4.79 Å². The van der Waals surface area contributed by atoms with Gasteiger partial charge in [0.05, 0.1) is 0 Å². The molecule has 0 spiro atoms. The predicted molar refractivity (Wildman–Crippen MR) is 83.9 cm³/mol. The van der Waals surface area contributed by atoms with Gasteiger partial charge in [-0.25, -0.2) is 0 Å². The van der Waals surface area contributed by atoms with Crippen LogP contribution in [0.2, 0.25) is 5.02 Å². The van der Waals surface area contributed by atoms with Gasteiger partial charge in [-0.15, -0.1) is 0 Å². The smallest absolute Gasteiger partial charge is 0.253 e. The van der Waals surface area contributed by atoms with Crippen molar-refractivity contribution in [1.82, 2.24) is 4.90 Å². The average Bonchev–Trinajstić information content (AvgIpc) is 2.82. The fourth-order valence-electron chi connectivity index (χ4n) is 3.54. The van der Waals surface area contributed by atoms with E-state index in [1.165, 1.54) is 12.8 Å². The second-order valence-electron chi connectivity index (χ2n) is 5.89. The highest BCUT2D eigenvalue weighted by atomic mass is 79.9. The van der Waals surface area contributed by atoms with Crippen LogP contribution in [0.4, 0.5) is 0 Å². The first-order valence-corrected chi connectivity index (χ1v) is 8.22. The minimum atomic E-state index is 0.0646. The molecule has 1 saturated carbocycles. The maximum atomic E-state index is 12.6. The third-order valence-electron chi connectivity index (χ3n) is 4.55. The number of likely N-dealkylation sites (tertiary alicyclic amines) is 1. The number of benzene rings is 1. The van der Waals surface area contributed by atoms with Crippen LogP contribution in [0, 0.1) is 11.8 Å². The van der Waals surface area contributed by atoms with Crippen molar-refractivity contribution in [2.24, 2.45) is 17.6 Å². The quantitative estimate of drug-likeness (QED) is 0.838. The Morgan fingerprint density at radius 3 is 2.80 bits per heavy atom. The van der Waals surface area contributed by atoms with Crippen molar-refractivity contribution >= 4 is 33.4 Å². The number of carbonyl (C=O) groups excluding carboxylic acids is 1. The lowest BCUT2D eigenvalue weighted by molar-refractivity contribution is 0.0783. The van der Waals surface area contributed by atoms with Gasteiger partial charge in [-0.2, -0.15) is 0 Å². The number of hydrogen-bond acceptors (Lipinski definition) is 2. The van der Waals surface area contributed by atoms with Gasteiger partial charge < -0.3 is 10.6 Å². The largest absolute Gasteiger partial charge is 0.338 e. The van der Waals surface area contributed by atoms with E-state index in [1.807, 2.05) is 11.0 Å². The van der Waals surface area contributed by atoms with Crippen LogP contribution in [0.25, 0.3) is 0 Å². The van der Waals surface area contributed by atoms with E-state index in [2.05, 4.69) is 15.9 Å². The maximum Gasteiger partial charge on any atom is 0.253 e. The highest BCUT2D eigenvalue weighted by Crippen LogP contribution is 2.36. The molecule has 1 heterocycles. The summed E-state index contributed by atoms with van der Waals surface area (Å²) in [5, 5.41) is 0.580. The molecule has 2 fully saturated rings. The number of rotatable bonds is 1. The molecule has 3 atom stereocenters. The summed E-state index contributed by atoms with van der Waals surface area (Å²) in [6, 6.07) is 5.60. The molecule has 1 amide bonds. The van der Waals surface area contributed by atoms with Crippen LogP contribution in [-0.4, -0.2) is 29.9 Å².